The van der Waals surface area contributed by atoms with Crippen LogP contribution >= 0.6 is 0 Å². The fourth-order valence-electron chi connectivity index (χ4n) is 3.87. The second-order valence-electron chi connectivity index (χ2n) is 8.12. The van der Waals surface area contributed by atoms with Crippen molar-refractivity contribution in [3.8, 4) is 0 Å². The van der Waals surface area contributed by atoms with E-state index in [9.17, 15) is 4.79 Å². The van der Waals surface area contributed by atoms with E-state index in [4.69, 9.17) is 9.41 Å². The Hall–Kier alpha value is -2.80. The van der Waals surface area contributed by atoms with Crippen LogP contribution in [0.2, 0.25) is 0 Å². The standard InChI is InChI=1S/C24H35N5O2/c1-4-29-15-5-7-21(29)18-27-24(25-14-13-22-8-6-16-31-22)26-17-19-9-11-20(12-10-19)23(30)28(2)3/h6,8-12,16,21H,4-5,7,13-15,17-18H2,1-3H3,(H2,25,26,27). The zero-order chi connectivity index (χ0) is 22.1. The average Bonchev–Trinajstić information content (AvgIpc) is 3.46. The second-order valence-corrected chi connectivity index (χ2v) is 8.12. The highest BCUT2D eigenvalue weighted by atomic mass is 16.3. The van der Waals surface area contributed by atoms with Gasteiger partial charge in [-0.3, -0.25) is 9.69 Å². The Morgan fingerprint density at radius 1 is 1.23 bits per heavy atom. The van der Waals surface area contributed by atoms with Gasteiger partial charge in [-0.1, -0.05) is 19.1 Å². The van der Waals surface area contributed by atoms with Gasteiger partial charge in [-0.25, -0.2) is 4.99 Å². The van der Waals surface area contributed by atoms with Gasteiger partial charge in [0, 0.05) is 45.2 Å². The van der Waals surface area contributed by atoms with Crippen LogP contribution in [0.1, 0.15) is 41.4 Å². The van der Waals surface area contributed by atoms with E-state index in [1.807, 2.05) is 36.4 Å². The van der Waals surface area contributed by atoms with Crippen LogP contribution in [0.5, 0.6) is 0 Å². The number of likely N-dealkylation sites (N-methyl/N-ethyl adjacent to an activating group) is 1. The topological polar surface area (TPSA) is 73.1 Å². The van der Waals surface area contributed by atoms with Gasteiger partial charge in [0.05, 0.1) is 12.8 Å². The van der Waals surface area contributed by atoms with Crippen molar-refractivity contribution in [2.24, 2.45) is 4.99 Å². The molecule has 1 amide bonds. The number of aliphatic imine (C=N–C) groups is 1. The molecule has 3 rings (SSSR count). The Labute approximate surface area is 185 Å². The normalized spacial score (nSPS) is 17.0. The zero-order valence-electron chi connectivity index (χ0n) is 18.9. The van der Waals surface area contributed by atoms with Crippen LogP contribution < -0.4 is 10.6 Å². The first kappa shape index (κ1) is 22.9. The molecule has 1 atom stereocenters. The van der Waals surface area contributed by atoms with Crippen molar-refractivity contribution in [1.29, 1.82) is 0 Å². The minimum absolute atomic E-state index is 0.00837. The maximum atomic E-state index is 12.1. The van der Waals surface area contributed by atoms with Crippen molar-refractivity contribution >= 4 is 11.9 Å². The van der Waals surface area contributed by atoms with E-state index in [1.54, 1.807) is 25.3 Å². The molecule has 0 spiro atoms. The lowest BCUT2D eigenvalue weighted by Crippen LogP contribution is -2.45. The number of carbonyl (C=O) groups excluding carboxylic acids is 1. The fourth-order valence-corrected chi connectivity index (χ4v) is 3.87. The summed E-state index contributed by atoms with van der Waals surface area (Å²) in [5.41, 5.74) is 1.76. The van der Waals surface area contributed by atoms with Gasteiger partial charge in [0.25, 0.3) is 5.91 Å². The number of amides is 1. The summed E-state index contributed by atoms with van der Waals surface area (Å²) in [6, 6.07) is 12.1. The van der Waals surface area contributed by atoms with Crippen LogP contribution in [-0.2, 0) is 13.0 Å². The number of benzene rings is 1. The third-order valence-electron chi connectivity index (χ3n) is 5.68. The number of nitrogens with one attached hydrogen (secondary N) is 2. The molecule has 1 aromatic heterocycles. The molecule has 7 heteroatoms. The minimum Gasteiger partial charge on any atom is -0.469 e. The van der Waals surface area contributed by atoms with Gasteiger partial charge in [-0.05, 0) is 55.8 Å². The Bertz CT molecular complexity index is 830. The molecule has 0 aliphatic carbocycles. The fraction of sp³-hybridized carbons (Fsp3) is 0.500. The molecule has 1 aliphatic heterocycles. The summed E-state index contributed by atoms with van der Waals surface area (Å²) in [6.45, 7) is 6.67. The van der Waals surface area contributed by atoms with Crippen molar-refractivity contribution in [1.82, 2.24) is 20.4 Å². The van der Waals surface area contributed by atoms with Gasteiger partial charge in [0.15, 0.2) is 5.96 Å². The summed E-state index contributed by atoms with van der Waals surface area (Å²) in [7, 11) is 3.52. The molecule has 7 nitrogen and oxygen atoms in total. The van der Waals surface area contributed by atoms with Gasteiger partial charge >= 0.3 is 0 Å². The van der Waals surface area contributed by atoms with Gasteiger partial charge in [0.1, 0.15) is 5.76 Å². The first-order chi connectivity index (χ1) is 15.1. The van der Waals surface area contributed by atoms with Crippen molar-refractivity contribution in [2.75, 3.05) is 40.3 Å². The van der Waals surface area contributed by atoms with Crippen molar-refractivity contribution in [3.63, 3.8) is 0 Å². The van der Waals surface area contributed by atoms with Crippen LogP contribution in [0.4, 0.5) is 0 Å². The summed E-state index contributed by atoms with van der Waals surface area (Å²) in [4.78, 5) is 21.0. The number of furan rings is 1. The number of hydrogen-bond donors (Lipinski definition) is 2. The molecule has 1 aromatic carbocycles. The minimum atomic E-state index is 0.00837. The van der Waals surface area contributed by atoms with Crippen LogP contribution in [-0.4, -0.2) is 68.0 Å². The molecule has 0 saturated carbocycles. The molecule has 2 heterocycles. The summed E-state index contributed by atoms with van der Waals surface area (Å²) in [5.74, 6) is 1.78. The smallest absolute Gasteiger partial charge is 0.253 e. The molecular weight excluding hydrogens is 390 g/mol. The summed E-state index contributed by atoms with van der Waals surface area (Å²) >= 11 is 0. The van der Waals surface area contributed by atoms with Gasteiger partial charge in [-0.15, -0.1) is 0 Å². The van der Waals surface area contributed by atoms with Crippen LogP contribution in [0.15, 0.2) is 52.1 Å². The van der Waals surface area contributed by atoms with Gasteiger partial charge < -0.3 is 20.0 Å². The maximum Gasteiger partial charge on any atom is 0.253 e. The van der Waals surface area contributed by atoms with E-state index in [2.05, 4.69) is 22.5 Å². The van der Waals surface area contributed by atoms with E-state index in [1.165, 1.54) is 19.4 Å². The molecule has 1 aliphatic rings. The van der Waals surface area contributed by atoms with E-state index >= 15 is 0 Å². The Morgan fingerprint density at radius 3 is 2.71 bits per heavy atom. The van der Waals surface area contributed by atoms with Crippen LogP contribution in [0.3, 0.4) is 0 Å². The Balaban J connectivity index is 1.59. The maximum absolute atomic E-state index is 12.1. The van der Waals surface area contributed by atoms with E-state index in [0.29, 0.717) is 18.2 Å². The highest BCUT2D eigenvalue weighted by molar-refractivity contribution is 5.93. The predicted molar refractivity (Wildman–Crippen MR) is 124 cm³/mol. The van der Waals surface area contributed by atoms with Crippen molar-refractivity contribution in [3.05, 3.63) is 59.5 Å². The number of rotatable bonds is 9. The number of likely N-dealkylation sites (tertiary alicyclic amines) is 1. The molecule has 31 heavy (non-hydrogen) atoms. The predicted octanol–water partition coefficient (Wildman–Crippen LogP) is 2.74. The van der Waals surface area contributed by atoms with Gasteiger partial charge in [-0.2, -0.15) is 0 Å². The molecule has 2 aromatic rings. The lowest BCUT2D eigenvalue weighted by Gasteiger charge is -2.24. The van der Waals surface area contributed by atoms with Crippen LogP contribution in [0, 0.1) is 0 Å². The van der Waals surface area contributed by atoms with Gasteiger partial charge in [0.2, 0.25) is 0 Å². The molecule has 168 valence electrons. The van der Waals surface area contributed by atoms with E-state index in [0.717, 1.165) is 43.3 Å². The van der Waals surface area contributed by atoms with Crippen molar-refractivity contribution < 1.29 is 9.21 Å². The third kappa shape index (κ3) is 6.85. The summed E-state index contributed by atoms with van der Waals surface area (Å²) in [6.07, 6.45) is 4.99. The first-order valence-corrected chi connectivity index (χ1v) is 11.2. The molecule has 2 N–H and O–H groups in total. The summed E-state index contributed by atoms with van der Waals surface area (Å²) in [5, 5.41) is 6.96. The number of hydrogen-bond acceptors (Lipinski definition) is 4. The first-order valence-electron chi connectivity index (χ1n) is 11.2. The lowest BCUT2D eigenvalue weighted by molar-refractivity contribution is 0.0827. The second kappa shape index (κ2) is 11.6. The van der Waals surface area contributed by atoms with Crippen molar-refractivity contribution in [2.45, 2.75) is 38.8 Å². The molecule has 0 radical (unpaired) electrons. The molecule has 1 unspecified atom stereocenters. The Morgan fingerprint density at radius 2 is 2.03 bits per heavy atom. The summed E-state index contributed by atoms with van der Waals surface area (Å²) < 4.78 is 5.42. The largest absolute Gasteiger partial charge is 0.469 e. The monoisotopic (exact) mass is 425 g/mol. The molecular formula is C24H35N5O2. The Kier molecular flexibility index (Phi) is 8.53. The number of guanidine groups is 1. The molecule has 0 bridgehead atoms. The van der Waals surface area contributed by atoms with E-state index < -0.39 is 0 Å². The molecule has 1 saturated heterocycles. The lowest BCUT2D eigenvalue weighted by atomic mass is 10.1. The number of carbonyl (C=O) groups is 1. The SMILES string of the molecule is CCN1CCCC1CNC(=NCc1ccc(C(=O)N(C)C)cc1)NCCc1ccco1. The molecule has 1 fully saturated rings. The third-order valence-corrected chi connectivity index (χ3v) is 5.68. The highest BCUT2D eigenvalue weighted by Crippen LogP contribution is 2.15. The van der Waals surface area contributed by atoms with E-state index in [-0.39, 0.29) is 5.91 Å². The van der Waals surface area contributed by atoms with Crippen LogP contribution in [0.25, 0.3) is 0 Å². The quantitative estimate of drug-likeness (QED) is 0.477. The number of nitrogens with zero attached hydrogens (tertiary/aromatic N) is 3. The highest BCUT2D eigenvalue weighted by Gasteiger charge is 2.22. The average molecular weight is 426 g/mol. The zero-order valence-corrected chi connectivity index (χ0v) is 18.9.